The topological polar surface area (TPSA) is 101 Å². The molecule has 104 valence electrons. The first-order chi connectivity index (χ1) is 8.75. The molecule has 1 rings (SSSR count). The minimum absolute atomic E-state index is 0.0392. The highest BCUT2D eigenvalue weighted by Gasteiger charge is 2.19. The average Bonchev–Trinajstić information content (AvgIpc) is 2.34. The van der Waals surface area contributed by atoms with Gasteiger partial charge < -0.3 is 10.4 Å². The Balaban J connectivity index is 2.87. The Morgan fingerprint density at radius 3 is 2.21 bits per heavy atom. The summed E-state index contributed by atoms with van der Waals surface area (Å²) < 4.78 is 22.5. The Kier molecular flexibility index (Phi) is 4.96. The molecule has 0 aliphatic rings. The number of rotatable bonds is 5. The van der Waals surface area contributed by atoms with Gasteiger partial charge in [0, 0.05) is 17.6 Å². The van der Waals surface area contributed by atoms with E-state index in [-0.39, 0.29) is 16.2 Å². The zero-order valence-electron chi connectivity index (χ0n) is 10.0. The van der Waals surface area contributed by atoms with Gasteiger partial charge in [-0.2, -0.15) is 12.6 Å². The lowest BCUT2D eigenvalue weighted by Crippen LogP contribution is -2.42. The summed E-state index contributed by atoms with van der Waals surface area (Å²) in [5, 5.41) is 11.1. The van der Waals surface area contributed by atoms with E-state index in [0.29, 0.717) is 0 Å². The molecule has 0 heterocycles. The van der Waals surface area contributed by atoms with Crippen molar-refractivity contribution in [2.75, 3.05) is 12.0 Å². The van der Waals surface area contributed by atoms with Gasteiger partial charge in [-0.3, -0.25) is 4.79 Å². The first kappa shape index (κ1) is 15.5. The number of benzene rings is 1. The highest BCUT2D eigenvalue weighted by molar-refractivity contribution is 7.90. The van der Waals surface area contributed by atoms with Crippen LogP contribution in [0.1, 0.15) is 10.4 Å². The molecule has 0 aliphatic carbocycles. The van der Waals surface area contributed by atoms with E-state index in [4.69, 9.17) is 5.11 Å². The van der Waals surface area contributed by atoms with Crippen LogP contribution in [0.25, 0.3) is 0 Å². The molecule has 2 N–H and O–H groups in total. The summed E-state index contributed by atoms with van der Waals surface area (Å²) in [5.74, 6) is -1.82. The molecule has 0 bridgehead atoms. The molecule has 1 aromatic carbocycles. The zero-order valence-corrected chi connectivity index (χ0v) is 11.7. The Hall–Kier alpha value is -1.54. The SMILES string of the molecule is CS(=O)(=O)c1ccc(C(=O)NC(CS)C(=O)O)cc1. The molecule has 0 saturated heterocycles. The molecule has 1 atom stereocenters. The normalized spacial score (nSPS) is 12.7. The highest BCUT2D eigenvalue weighted by atomic mass is 32.2. The van der Waals surface area contributed by atoms with Crippen LogP contribution in [-0.4, -0.2) is 43.5 Å². The van der Waals surface area contributed by atoms with E-state index in [1.807, 2.05) is 0 Å². The Bertz CT molecular complexity index is 580. The molecule has 0 spiro atoms. The fraction of sp³-hybridized carbons (Fsp3) is 0.273. The average molecular weight is 303 g/mol. The Labute approximate surface area is 116 Å². The highest BCUT2D eigenvalue weighted by Crippen LogP contribution is 2.10. The predicted octanol–water partition coefficient (Wildman–Crippen LogP) is 0.203. The second kappa shape index (κ2) is 6.07. The molecule has 19 heavy (non-hydrogen) atoms. The second-order valence-corrected chi connectivity index (χ2v) is 6.22. The maximum absolute atomic E-state index is 11.7. The van der Waals surface area contributed by atoms with Crippen LogP contribution in [-0.2, 0) is 14.6 Å². The van der Waals surface area contributed by atoms with Crippen molar-refractivity contribution < 1.29 is 23.1 Å². The van der Waals surface area contributed by atoms with Crippen LogP contribution in [0.3, 0.4) is 0 Å². The molecular weight excluding hydrogens is 290 g/mol. The van der Waals surface area contributed by atoms with Gasteiger partial charge in [0.25, 0.3) is 5.91 Å². The molecule has 0 aliphatic heterocycles. The lowest BCUT2D eigenvalue weighted by molar-refractivity contribution is -0.138. The van der Waals surface area contributed by atoms with Crippen LogP contribution in [0.15, 0.2) is 29.2 Å². The minimum atomic E-state index is -3.32. The van der Waals surface area contributed by atoms with E-state index in [9.17, 15) is 18.0 Å². The summed E-state index contributed by atoms with van der Waals surface area (Å²) in [6, 6.07) is 4.14. The number of amides is 1. The number of carbonyl (C=O) groups excluding carboxylic acids is 1. The smallest absolute Gasteiger partial charge is 0.327 e. The summed E-state index contributed by atoms with van der Waals surface area (Å²) in [6.07, 6.45) is 1.06. The van der Waals surface area contributed by atoms with Crippen molar-refractivity contribution in [3.8, 4) is 0 Å². The van der Waals surface area contributed by atoms with Gasteiger partial charge in [0.15, 0.2) is 9.84 Å². The summed E-state index contributed by atoms with van der Waals surface area (Å²) in [5.41, 5.74) is 0.181. The lowest BCUT2D eigenvalue weighted by atomic mass is 10.2. The van der Waals surface area contributed by atoms with Gasteiger partial charge in [0.1, 0.15) is 6.04 Å². The van der Waals surface area contributed by atoms with Crippen molar-refractivity contribution >= 4 is 34.3 Å². The molecule has 1 amide bonds. The van der Waals surface area contributed by atoms with Crippen molar-refractivity contribution in [1.29, 1.82) is 0 Å². The van der Waals surface area contributed by atoms with E-state index >= 15 is 0 Å². The Morgan fingerprint density at radius 2 is 1.84 bits per heavy atom. The van der Waals surface area contributed by atoms with Crippen molar-refractivity contribution in [3.05, 3.63) is 29.8 Å². The number of carbonyl (C=O) groups is 2. The summed E-state index contributed by atoms with van der Waals surface area (Å²) in [6.45, 7) is 0. The number of thiol groups is 1. The monoisotopic (exact) mass is 303 g/mol. The van der Waals surface area contributed by atoms with Gasteiger partial charge in [0.2, 0.25) is 0 Å². The maximum Gasteiger partial charge on any atom is 0.327 e. The second-order valence-electron chi connectivity index (χ2n) is 3.84. The molecule has 8 heteroatoms. The quantitative estimate of drug-likeness (QED) is 0.675. The summed E-state index contributed by atoms with van der Waals surface area (Å²) in [7, 11) is -3.32. The first-order valence-electron chi connectivity index (χ1n) is 5.20. The molecule has 1 unspecified atom stereocenters. The number of aliphatic carboxylic acids is 1. The Morgan fingerprint density at radius 1 is 1.32 bits per heavy atom. The summed E-state index contributed by atoms with van der Waals surface area (Å²) in [4.78, 5) is 22.6. The van der Waals surface area contributed by atoms with Gasteiger partial charge in [0.05, 0.1) is 4.90 Å². The van der Waals surface area contributed by atoms with Gasteiger partial charge >= 0.3 is 5.97 Å². The number of nitrogens with one attached hydrogen (secondary N) is 1. The number of carboxylic acids is 1. The number of hydrogen-bond donors (Lipinski definition) is 3. The standard InChI is InChI=1S/C11H13NO5S2/c1-19(16,17)8-4-2-7(3-5-8)10(13)12-9(6-18)11(14)15/h2-5,9,18H,6H2,1H3,(H,12,13)(H,14,15). The third-order valence-corrected chi connectivity index (χ3v) is 3.82. The molecule has 6 nitrogen and oxygen atoms in total. The maximum atomic E-state index is 11.7. The third kappa shape index (κ3) is 4.25. The van der Waals surface area contributed by atoms with Crippen LogP contribution in [0, 0.1) is 0 Å². The zero-order chi connectivity index (χ0) is 14.6. The van der Waals surface area contributed by atoms with Crippen molar-refractivity contribution in [3.63, 3.8) is 0 Å². The molecule has 1 aromatic rings. The van der Waals surface area contributed by atoms with Gasteiger partial charge in [-0.1, -0.05) is 0 Å². The van der Waals surface area contributed by atoms with E-state index in [1.165, 1.54) is 24.3 Å². The third-order valence-electron chi connectivity index (χ3n) is 2.33. The molecule has 0 fully saturated rings. The van der Waals surface area contributed by atoms with Crippen molar-refractivity contribution in [2.45, 2.75) is 10.9 Å². The first-order valence-corrected chi connectivity index (χ1v) is 7.72. The van der Waals surface area contributed by atoms with E-state index in [2.05, 4.69) is 17.9 Å². The number of carboxylic acid groups (broad SMARTS) is 1. The van der Waals surface area contributed by atoms with Crippen LogP contribution in [0.5, 0.6) is 0 Å². The van der Waals surface area contributed by atoms with Gasteiger partial charge in [-0.25, -0.2) is 13.2 Å². The largest absolute Gasteiger partial charge is 0.480 e. The van der Waals surface area contributed by atoms with Gasteiger partial charge in [-0.15, -0.1) is 0 Å². The van der Waals surface area contributed by atoms with Gasteiger partial charge in [-0.05, 0) is 24.3 Å². The van der Waals surface area contributed by atoms with Crippen LogP contribution < -0.4 is 5.32 Å². The molecule has 0 radical (unpaired) electrons. The molecular formula is C11H13NO5S2. The van der Waals surface area contributed by atoms with E-state index in [0.717, 1.165) is 6.26 Å². The molecule has 0 saturated carbocycles. The van der Waals surface area contributed by atoms with E-state index < -0.39 is 27.8 Å². The minimum Gasteiger partial charge on any atom is -0.480 e. The summed E-state index contributed by atoms with van der Waals surface area (Å²) >= 11 is 3.82. The number of hydrogen-bond acceptors (Lipinski definition) is 5. The fourth-order valence-corrected chi connectivity index (χ4v) is 2.16. The van der Waals surface area contributed by atoms with Crippen LogP contribution >= 0.6 is 12.6 Å². The van der Waals surface area contributed by atoms with Crippen LogP contribution in [0.4, 0.5) is 0 Å². The molecule has 0 aromatic heterocycles. The van der Waals surface area contributed by atoms with E-state index in [1.54, 1.807) is 0 Å². The van der Waals surface area contributed by atoms with Crippen LogP contribution in [0.2, 0.25) is 0 Å². The lowest BCUT2D eigenvalue weighted by Gasteiger charge is -2.11. The van der Waals surface area contributed by atoms with Crippen molar-refractivity contribution in [2.24, 2.45) is 0 Å². The van der Waals surface area contributed by atoms with Crippen molar-refractivity contribution in [1.82, 2.24) is 5.32 Å². The number of sulfone groups is 1. The predicted molar refractivity (Wildman–Crippen MR) is 72.3 cm³/mol. The fourth-order valence-electron chi connectivity index (χ4n) is 1.28.